The van der Waals surface area contributed by atoms with Crippen molar-refractivity contribution >= 4 is 11.6 Å². The summed E-state index contributed by atoms with van der Waals surface area (Å²) in [7, 11) is 0. The molecule has 4 heteroatoms. The van der Waals surface area contributed by atoms with E-state index in [4.69, 9.17) is 16.9 Å². The van der Waals surface area contributed by atoms with Gasteiger partial charge in [0.15, 0.2) is 5.69 Å². The van der Waals surface area contributed by atoms with Gasteiger partial charge in [-0.15, -0.1) is 0 Å². The minimum Gasteiger partial charge on any atom is -0.241 e. The first kappa shape index (κ1) is 9.86. The van der Waals surface area contributed by atoms with E-state index in [1.165, 1.54) is 12.4 Å². The molecule has 0 unspecified atom stereocenters. The Morgan fingerprint density at radius 1 is 1.36 bits per heavy atom. The van der Waals surface area contributed by atoms with Crippen LogP contribution >= 0.6 is 11.6 Å². The standard InChI is InChI=1S/C5H2ClN3.C2H6/c6-5-3-8-4(1-7)2-9-5;1-2/h2-3H;1-2H3. The summed E-state index contributed by atoms with van der Waals surface area (Å²) in [5, 5.41) is 8.53. The van der Waals surface area contributed by atoms with E-state index >= 15 is 0 Å². The van der Waals surface area contributed by atoms with Crippen molar-refractivity contribution in [2.45, 2.75) is 13.8 Å². The van der Waals surface area contributed by atoms with Crippen LogP contribution in [0.5, 0.6) is 0 Å². The molecule has 0 atom stereocenters. The van der Waals surface area contributed by atoms with Gasteiger partial charge in [-0.1, -0.05) is 25.4 Å². The van der Waals surface area contributed by atoms with Crippen molar-refractivity contribution in [3.05, 3.63) is 23.2 Å². The van der Waals surface area contributed by atoms with Gasteiger partial charge in [-0.2, -0.15) is 5.26 Å². The largest absolute Gasteiger partial charge is 0.241 e. The zero-order chi connectivity index (χ0) is 8.69. The summed E-state index contributed by atoms with van der Waals surface area (Å²) in [6.07, 6.45) is 2.66. The molecule has 0 aliphatic heterocycles. The molecular weight excluding hydrogens is 162 g/mol. The number of nitrogens with zero attached hydrogens (tertiary/aromatic N) is 3. The van der Waals surface area contributed by atoms with Crippen LogP contribution in [0.2, 0.25) is 5.15 Å². The Bertz CT molecular complexity index is 237. The molecule has 0 aromatic carbocycles. The number of hydrogen-bond donors (Lipinski definition) is 0. The van der Waals surface area contributed by atoms with Crippen molar-refractivity contribution in [2.75, 3.05) is 0 Å². The van der Waals surface area contributed by atoms with Crippen molar-refractivity contribution in [2.24, 2.45) is 0 Å². The lowest BCUT2D eigenvalue weighted by molar-refractivity contribution is 1.16. The molecule has 11 heavy (non-hydrogen) atoms. The fourth-order valence-electron chi connectivity index (χ4n) is 0.370. The van der Waals surface area contributed by atoms with E-state index in [1.807, 2.05) is 19.9 Å². The molecule has 58 valence electrons. The topological polar surface area (TPSA) is 49.6 Å². The Balaban J connectivity index is 0.000000461. The fraction of sp³-hybridized carbons (Fsp3) is 0.286. The maximum Gasteiger partial charge on any atom is 0.158 e. The highest BCUT2D eigenvalue weighted by Crippen LogP contribution is 1.99. The highest BCUT2D eigenvalue weighted by molar-refractivity contribution is 6.29. The molecule has 1 aromatic heterocycles. The summed E-state index contributed by atoms with van der Waals surface area (Å²) in [6, 6.07) is 1.82. The van der Waals surface area contributed by atoms with Crippen LogP contribution in [0.25, 0.3) is 0 Å². The van der Waals surface area contributed by atoms with Crippen LogP contribution in [0.4, 0.5) is 0 Å². The van der Waals surface area contributed by atoms with Gasteiger partial charge in [-0.25, -0.2) is 9.97 Å². The third-order valence-corrected chi connectivity index (χ3v) is 0.930. The van der Waals surface area contributed by atoms with Gasteiger partial charge in [-0.05, 0) is 0 Å². The van der Waals surface area contributed by atoms with Crippen LogP contribution in [-0.4, -0.2) is 9.97 Å². The lowest BCUT2D eigenvalue weighted by Crippen LogP contribution is -1.82. The molecular formula is C7H8ClN3. The molecule has 1 rings (SSSR count). The van der Waals surface area contributed by atoms with Crippen LogP contribution in [-0.2, 0) is 0 Å². The lowest BCUT2D eigenvalue weighted by atomic mass is 10.5. The van der Waals surface area contributed by atoms with Gasteiger partial charge in [0, 0.05) is 0 Å². The molecule has 0 N–H and O–H groups in total. The Kier molecular flexibility index (Phi) is 5.05. The van der Waals surface area contributed by atoms with E-state index < -0.39 is 0 Å². The van der Waals surface area contributed by atoms with Crippen molar-refractivity contribution in [3.8, 4) is 6.07 Å². The quantitative estimate of drug-likeness (QED) is 0.597. The molecule has 0 aliphatic rings. The normalized spacial score (nSPS) is 7.45. The highest BCUT2D eigenvalue weighted by atomic mass is 35.5. The summed E-state index contributed by atoms with van der Waals surface area (Å²) in [5.74, 6) is 0. The van der Waals surface area contributed by atoms with Crippen molar-refractivity contribution in [1.29, 1.82) is 5.26 Å². The molecule has 0 spiro atoms. The van der Waals surface area contributed by atoms with Gasteiger partial charge in [0.1, 0.15) is 11.2 Å². The molecule has 1 aromatic rings. The third kappa shape index (κ3) is 3.54. The Morgan fingerprint density at radius 3 is 2.36 bits per heavy atom. The number of halogens is 1. The zero-order valence-corrected chi connectivity index (χ0v) is 7.13. The molecule has 3 nitrogen and oxygen atoms in total. The summed E-state index contributed by atoms with van der Waals surface area (Å²) in [5.41, 5.74) is 0.277. The zero-order valence-electron chi connectivity index (χ0n) is 6.37. The molecule has 0 aliphatic carbocycles. The minimum atomic E-state index is 0.277. The van der Waals surface area contributed by atoms with Crippen molar-refractivity contribution < 1.29 is 0 Å². The van der Waals surface area contributed by atoms with Crippen LogP contribution in [0.1, 0.15) is 19.5 Å². The predicted octanol–water partition coefficient (Wildman–Crippen LogP) is 2.03. The first-order chi connectivity index (χ1) is 5.33. The summed E-state index contributed by atoms with van der Waals surface area (Å²) in [6.45, 7) is 4.00. The molecule has 0 saturated heterocycles. The van der Waals surface area contributed by atoms with E-state index in [2.05, 4.69) is 9.97 Å². The second-order valence-electron chi connectivity index (χ2n) is 1.34. The predicted molar refractivity (Wildman–Crippen MR) is 43.1 cm³/mol. The van der Waals surface area contributed by atoms with Crippen LogP contribution in [0.15, 0.2) is 12.4 Å². The van der Waals surface area contributed by atoms with E-state index in [-0.39, 0.29) is 5.69 Å². The maximum atomic E-state index is 8.23. The van der Waals surface area contributed by atoms with Gasteiger partial charge in [-0.3, -0.25) is 0 Å². The van der Waals surface area contributed by atoms with Gasteiger partial charge < -0.3 is 0 Å². The van der Waals surface area contributed by atoms with E-state index in [0.717, 1.165) is 0 Å². The van der Waals surface area contributed by atoms with Crippen LogP contribution in [0, 0.1) is 11.3 Å². The Morgan fingerprint density at radius 2 is 2.00 bits per heavy atom. The van der Waals surface area contributed by atoms with E-state index in [1.54, 1.807) is 0 Å². The van der Waals surface area contributed by atoms with Crippen molar-refractivity contribution in [1.82, 2.24) is 9.97 Å². The number of rotatable bonds is 0. The molecule has 0 bridgehead atoms. The fourth-order valence-corrected chi connectivity index (χ4v) is 0.468. The summed E-state index contributed by atoms with van der Waals surface area (Å²) >= 11 is 5.39. The molecule has 1 heterocycles. The van der Waals surface area contributed by atoms with Gasteiger partial charge in [0.05, 0.1) is 12.4 Å². The second-order valence-corrected chi connectivity index (χ2v) is 1.72. The smallest absolute Gasteiger partial charge is 0.158 e. The van der Waals surface area contributed by atoms with Crippen molar-refractivity contribution in [3.63, 3.8) is 0 Å². The van der Waals surface area contributed by atoms with E-state index in [0.29, 0.717) is 5.15 Å². The molecule has 0 saturated carbocycles. The minimum absolute atomic E-state index is 0.277. The Labute approximate surface area is 70.7 Å². The SMILES string of the molecule is CC.N#Cc1cnc(Cl)cn1. The second kappa shape index (κ2) is 5.63. The summed E-state index contributed by atoms with van der Waals surface area (Å²) in [4.78, 5) is 7.27. The van der Waals surface area contributed by atoms with Gasteiger partial charge in [0.25, 0.3) is 0 Å². The number of hydrogen-bond acceptors (Lipinski definition) is 3. The molecule has 0 amide bonds. The number of nitriles is 1. The van der Waals surface area contributed by atoms with Gasteiger partial charge in [0.2, 0.25) is 0 Å². The first-order valence-corrected chi connectivity index (χ1v) is 3.58. The van der Waals surface area contributed by atoms with Crippen LogP contribution in [0.3, 0.4) is 0 Å². The molecule has 0 fully saturated rings. The number of aromatic nitrogens is 2. The maximum absolute atomic E-state index is 8.23. The third-order valence-electron chi connectivity index (χ3n) is 0.735. The Hall–Kier alpha value is -1.14. The van der Waals surface area contributed by atoms with Gasteiger partial charge >= 0.3 is 0 Å². The van der Waals surface area contributed by atoms with Crippen LogP contribution < -0.4 is 0 Å². The average Bonchev–Trinajstić information content (AvgIpc) is 2.10. The lowest BCUT2D eigenvalue weighted by Gasteiger charge is -1.84. The first-order valence-electron chi connectivity index (χ1n) is 3.20. The monoisotopic (exact) mass is 169 g/mol. The van der Waals surface area contributed by atoms with E-state index in [9.17, 15) is 0 Å². The highest BCUT2D eigenvalue weighted by Gasteiger charge is 1.89. The summed E-state index contributed by atoms with van der Waals surface area (Å²) < 4.78 is 0. The molecule has 0 radical (unpaired) electrons. The average molecular weight is 170 g/mol.